The molecule has 0 saturated carbocycles. The Balaban J connectivity index is 2.73. The SMILES string of the molecule is CCCC(=O)C(Cl)C(=O)c1ccccc1. The molecule has 1 aromatic rings. The van der Waals surface area contributed by atoms with E-state index in [4.69, 9.17) is 11.6 Å². The third-order valence-electron chi connectivity index (χ3n) is 2.07. The number of carbonyl (C=O) groups is 2. The topological polar surface area (TPSA) is 34.1 Å². The lowest BCUT2D eigenvalue weighted by Crippen LogP contribution is -2.24. The predicted octanol–water partition coefficient (Wildman–Crippen LogP) is 2.85. The van der Waals surface area contributed by atoms with Crippen molar-refractivity contribution in [2.45, 2.75) is 25.1 Å². The molecule has 2 nitrogen and oxygen atoms in total. The number of hydrogen-bond acceptors (Lipinski definition) is 2. The summed E-state index contributed by atoms with van der Waals surface area (Å²) in [6, 6.07) is 8.64. The first-order chi connectivity index (χ1) is 7.16. The zero-order valence-electron chi connectivity index (χ0n) is 8.57. The average molecular weight is 225 g/mol. The Morgan fingerprint density at radius 2 is 1.87 bits per heavy atom. The minimum absolute atomic E-state index is 0.201. The van der Waals surface area contributed by atoms with Crippen LogP contribution in [0.5, 0.6) is 0 Å². The lowest BCUT2D eigenvalue weighted by molar-refractivity contribution is -0.118. The second kappa shape index (κ2) is 5.66. The van der Waals surface area contributed by atoms with Gasteiger partial charge in [-0.2, -0.15) is 0 Å². The highest BCUT2D eigenvalue weighted by Gasteiger charge is 2.23. The van der Waals surface area contributed by atoms with Crippen LogP contribution in [0.3, 0.4) is 0 Å². The maximum absolute atomic E-state index is 11.7. The van der Waals surface area contributed by atoms with Gasteiger partial charge in [-0.3, -0.25) is 9.59 Å². The number of rotatable bonds is 5. The Bertz CT molecular complexity index is 346. The number of hydrogen-bond donors (Lipinski definition) is 0. The summed E-state index contributed by atoms with van der Waals surface area (Å²) < 4.78 is 0. The first kappa shape index (κ1) is 11.9. The van der Waals surface area contributed by atoms with Gasteiger partial charge in [0.1, 0.15) is 0 Å². The lowest BCUT2D eigenvalue weighted by atomic mass is 10.0. The summed E-state index contributed by atoms with van der Waals surface area (Å²) in [5.74, 6) is -0.510. The molecule has 0 spiro atoms. The van der Waals surface area contributed by atoms with Gasteiger partial charge in [0.05, 0.1) is 0 Å². The van der Waals surface area contributed by atoms with Crippen LogP contribution in [-0.2, 0) is 4.79 Å². The van der Waals surface area contributed by atoms with Gasteiger partial charge in [-0.25, -0.2) is 0 Å². The molecule has 0 aliphatic heterocycles. The Morgan fingerprint density at radius 1 is 1.27 bits per heavy atom. The van der Waals surface area contributed by atoms with Crippen molar-refractivity contribution in [1.82, 2.24) is 0 Å². The van der Waals surface area contributed by atoms with Crippen LogP contribution < -0.4 is 0 Å². The van der Waals surface area contributed by atoms with Crippen LogP contribution in [0.2, 0.25) is 0 Å². The summed E-state index contributed by atoms with van der Waals surface area (Å²) in [6.45, 7) is 1.88. The number of carbonyl (C=O) groups excluding carboxylic acids is 2. The number of Topliss-reactive ketones (excluding diaryl/α,β-unsaturated/α-hetero) is 2. The summed E-state index contributed by atoms with van der Waals surface area (Å²) in [5, 5.41) is -1.03. The largest absolute Gasteiger partial charge is 0.298 e. The van der Waals surface area contributed by atoms with Crippen LogP contribution in [0.25, 0.3) is 0 Å². The summed E-state index contributed by atoms with van der Waals surface area (Å²) in [7, 11) is 0. The maximum atomic E-state index is 11.7. The second-order valence-electron chi connectivity index (χ2n) is 3.31. The highest BCUT2D eigenvalue weighted by Crippen LogP contribution is 2.11. The van der Waals surface area contributed by atoms with Crippen LogP contribution in [0.15, 0.2) is 30.3 Å². The molecule has 0 aromatic heterocycles. The van der Waals surface area contributed by atoms with Gasteiger partial charge in [-0.1, -0.05) is 37.3 Å². The van der Waals surface area contributed by atoms with Gasteiger partial charge >= 0.3 is 0 Å². The van der Waals surface area contributed by atoms with Gasteiger partial charge in [0, 0.05) is 12.0 Å². The van der Waals surface area contributed by atoms with Crippen molar-refractivity contribution >= 4 is 23.2 Å². The summed E-state index contributed by atoms with van der Waals surface area (Å²) >= 11 is 5.80. The predicted molar refractivity (Wildman–Crippen MR) is 60.3 cm³/mol. The van der Waals surface area contributed by atoms with Crippen molar-refractivity contribution in [2.24, 2.45) is 0 Å². The lowest BCUT2D eigenvalue weighted by Gasteiger charge is -2.06. The Kier molecular flexibility index (Phi) is 4.50. The number of halogens is 1. The Labute approximate surface area is 94.2 Å². The van der Waals surface area contributed by atoms with E-state index in [1.165, 1.54) is 0 Å². The van der Waals surface area contributed by atoms with Crippen LogP contribution in [0.1, 0.15) is 30.1 Å². The van der Waals surface area contributed by atoms with Crippen LogP contribution in [-0.4, -0.2) is 16.9 Å². The highest BCUT2D eigenvalue weighted by atomic mass is 35.5. The molecule has 1 aromatic carbocycles. The average Bonchev–Trinajstić information content (AvgIpc) is 2.28. The van der Waals surface area contributed by atoms with Gasteiger partial charge in [-0.15, -0.1) is 11.6 Å². The quantitative estimate of drug-likeness (QED) is 0.438. The molecule has 0 aliphatic rings. The third-order valence-corrected chi connectivity index (χ3v) is 2.51. The minimum Gasteiger partial charge on any atom is -0.298 e. The van der Waals surface area contributed by atoms with E-state index in [1.807, 2.05) is 13.0 Å². The molecule has 1 rings (SSSR count). The van der Waals surface area contributed by atoms with Gasteiger partial charge in [-0.05, 0) is 6.42 Å². The van der Waals surface area contributed by atoms with Crippen molar-refractivity contribution in [1.29, 1.82) is 0 Å². The summed E-state index contributed by atoms with van der Waals surface area (Å²) in [4.78, 5) is 23.1. The third kappa shape index (κ3) is 3.17. The van der Waals surface area contributed by atoms with E-state index < -0.39 is 5.38 Å². The van der Waals surface area contributed by atoms with E-state index in [0.29, 0.717) is 18.4 Å². The van der Waals surface area contributed by atoms with Gasteiger partial charge < -0.3 is 0 Å². The van der Waals surface area contributed by atoms with Crippen LogP contribution >= 0.6 is 11.6 Å². The minimum atomic E-state index is -1.03. The molecule has 0 saturated heterocycles. The van der Waals surface area contributed by atoms with Gasteiger partial charge in [0.15, 0.2) is 16.9 Å². The van der Waals surface area contributed by atoms with E-state index in [-0.39, 0.29) is 11.6 Å². The van der Waals surface area contributed by atoms with E-state index in [9.17, 15) is 9.59 Å². The van der Waals surface area contributed by atoms with E-state index in [2.05, 4.69) is 0 Å². The standard InChI is InChI=1S/C12H13ClO2/c1-2-6-10(14)11(13)12(15)9-7-4-3-5-8-9/h3-5,7-8,11H,2,6H2,1H3. The smallest absolute Gasteiger partial charge is 0.188 e. The van der Waals surface area contributed by atoms with Crippen molar-refractivity contribution in [3.8, 4) is 0 Å². The fourth-order valence-corrected chi connectivity index (χ4v) is 1.50. The van der Waals surface area contributed by atoms with Crippen molar-refractivity contribution < 1.29 is 9.59 Å². The van der Waals surface area contributed by atoms with Crippen LogP contribution in [0.4, 0.5) is 0 Å². The van der Waals surface area contributed by atoms with E-state index >= 15 is 0 Å². The van der Waals surface area contributed by atoms with Crippen molar-refractivity contribution in [3.63, 3.8) is 0 Å². The molecule has 0 N–H and O–H groups in total. The molecular weight excluding hydrogens is 212 g/mol. The highest BCUT2D eigenvalue weighted by molar-refractivity contribution is 6.44. The molecule has 3 heteroatoms. The van der Waals surface area contributed by atoms with E-state index in [1.54, 1.807) is 24.3 Å². The molecule has 0 radical (unpaired) electrons. The molecule has 0 aliphatic carbocycles. The molecule has 0 fully saturated rings. The second-order valence-corrected chi connectivity index (χ2v) is 3.75. The van der Waals surface area contributed by atoms with Crippen molar-refractivity contribution in [3.05, 3.63) is 35.9 Å². The monoisotopic (exact) mass is 224 g/mol. The van der Waals surface area contributed by atoms with Gasteiger partial charge in [0.2, 0.25) is 0 Å². The molecule has 0 heterocycles. The zero-order chi connectivity index (χ0) is 11.3. The van der Waals surface area contributed by atoms with Gasteiger partial charge in [0.25, 0.3) is 0 Å². The first-order valence-electron chi connectivity index (χ1n) is 4.93. The zero-order valence-corrected chi connectivity index (χ0v) is 9.33. The maximum Gasteiger partial charge on any atom is 0.188 e. The number of benzene rings is 1. The fraction of sp³-hybridized carbons (Fsp3) is 0.333. The molecular formula is C12H13ClO2. The Hall–Kier alpha value is -1.15. The van der Waals surface area contributed by atoms with E-state index in [0.717, 1.165) is 0 Å². The molecule has 0 amide bonds. The summed E-state index contributed by atoms with van der Waals surface area (Å²) in [5.41, 5.74) is 0.488. The fourth-order valence-electron chi connectivity index (χ4n) is 1.27. The first-order valence-corrected chi connectivity index (χ1v) is 5.36. The molecule has 1 atom stereocenters. The normalized spacial score (nSPS) is 12.1. The number of ketones is 2. The molecule has 0 bridgehead atoms. The summed E-state index contributed by atoms with van der Waals surface area (Å²) in [6.07, 6.45) is 1.07. The molecule has 80 valence electrons. The van der Waals surface area contributed by atoms with Crippen LogP contribution in [0, 0.1) is 0 Å². The van der Waals surface area contributed by atoms with Crippen molar-refractivity contribution in [2.75, 3.05) is 0 Å². The molecule has 1 unspecified atom stereocenters. The number of alkyl halides is 1. The molecule has 15 heavy (non-hydrogen) atoms. The Morgan fingerprint density at radius 3 is 2.40 bits per heavy atom.